The molecular formula is C24H30FNO. The van der Waals surface area contributed by atoms with Gasteiger partial charge in [0, 0.05) is 0 Å². The molecule has 2 nitrogen and oxygen atoms in total. The van der Waals surface area contributed by atoms with Crippen LogP contribution in [0.1, 0.15) is 78.4 Å². The van der Waals surface area contributed by atoms with Gasteiger partial charge in [0.05, 0.1) is 5.56 Å². The van der Waals surface area contributed by atoms with E-state index in [1.165, 1.54) is 61.8 Å². The molecule has 2 aromatic rings. The van der Waals surface area contributed by atoms with Crippen LogP contribution in [0.3, 0.4) is 0 Å². The van der Waals surface area contributed by atoms with Crippen LogP contribution in [0, 0.1) is 11.7 Å². The molecule has 0 atom stereocenters. The van der Waals surface area contributed by atoms with Crippen LogP contribution < -0.4 is 5.73 Å². The van der Waals surface area contributed by atoms with E-state index in [0.29, 0.717) is 5.92 Å². The quantitative estimate of drug-likeness (QED) is 0.662. The van der Waals surface area contributed by atoms with Gasteiger partial charge >= 0.3 is 0 Å². The highest BCUT2D eigenvalue weighted by Gasteiger charge is 2.21. The number of hydrogen-bond donors (Lipinski definition) is 1. The van der Waals surface area contributed by atoms with Gasteiger partial charge in [-0.25, -0.2) is 4.39 Å². The predicted octanol–water partition coefficient (Wildman–Crippen LogP) is 5.78. The molecule has 2 aromatic carbocycles. The van der Waals surface area contributed by atoms with Gasteiger partial charge in [-0.1, -0.05) is 50.1 Å². The number of carbonyl (C=O) groups is 1. The Balaban J connectivity index is 1.54. The fourth-order valence-corrected chi connectivity index (χ4v) is 4.35. The van der Waals surface area contributed by atoms with Crippen LogP contribution in [-0.4, -0.2) is 5.91 Å². The molecule has 3 rings (SSSR count). The number of aryl methyl sites for hydroxylation is 2. The lowest BCUT2D eigenvalue weighted by Crippen LogP contribution is -2.13. The smallest absolute Gasteiger partial charge is 0.251 e. The maximum Gasteiger partial charge on any atom is 0.251 e. The van der Waals surface area contributed by atoms with E-state index in [1.807, 2.05) is 0 Å². The first-order valence-corrected chi connectivity index (χ1v) is 10.2. The average molecular weight is 368 g/mol. The third kappa shape index (κ3) is 5.18. The summed E-state index contributed by atoms with van der Waals surface area (Å²) in [6, 6.07) is 13.7. The van der Waals surface area contributed by atoms with Crippen LogP contribution >= 0.6 is 0 Å². The van der Waals surface area contributed by atoms with E-state index in [4.69, 9.17) is 5.73 Å². The van der Waals surface area contributed by atoms with Gasteiger partial charge in [0.25, 0.3) is 5.91 Å². The largest absolute Gasteiger partial charge is 0.366 e. The standard InChI is InChI=1S/C24H30FNO/c1-2-3-17-6-11-20(12-7-17)21-13-8-18(9-14-21)4-5-19-10-15-22(24(26)27)23(25)16-19/h8-10,13-17,20H,2-7,11-12H2,1H3,(H2,26,27). The van der Waals surface area contributed by atoms with Crippen LogP contribution in [0.5, 0.6) is 0 Å². The first-order chi connectivity index (χ1) is 13.1. The molecule has 0 spiro atoms. The van der Waals surface area contributed by atoms with Crippen LogP contribution in [0.2, 0.25) is 0 Å². The van der Waals surface area contributed by atoms with E-state index < -0.39 is 11.7 Å². The summed E-state index contributed by atoms with van der Waals surface area (Å²) in [4.78, 5) is 11.1. The van der Waals surface area contributed by atoms with Crippen molar-refractivity contribution in [3.8, 4) is 0 Å². The fraction of sp³-hybridized carbons (Fsp3) is 0.458. The first kappa shape index (κ1) is 19.6. The second-order valence-electron chi connectivity index (χ2n) is 7.93. The first-order valence-electron chi connectivity index (χ1n) is 10.2. The number of hydrogen-bond acceptors (Lipinski definition) is 1. The maximum absolute atomic E-state index is 13.9. The molecule has 0 radical (unpaired) electrons. The summed E-state index contributed by atoms with van der Waals surface area (Å²) >= 11 is 0. The Hall–Kier alpha value is -2.16. The molecule has 1 saturated carbocycles. The number of halogens is 1. The van der Waals surface area contributed by atoms with Gasteiger partial charge in [0.1, 0.15) is 5.82 Å². The van der Waals surface area contributed by atoms with Gasteiger partial charge < -0.3 is 5.73 Å². The molecule has 0 unspecified atom stereocenters. The highest BCUT2D eigenvalue weighted by molar-refractivity contribution is 5.93. The third-order valence-electron chi connectivity index (χ3n) is 6.00. The van der Waals surface area contributed by atoms with E-state index in [9.17, 15) is 9.18 Å². The van der Waals surface area contributed by atoms with Crippen molar-refractivity contribution < 1.29 is 9.18 Å². The lowest BCUT2D eigenvalue weighted by atomic mass is 9.77. The minimum absolute atomic E-state index is 0.0447. The van der Waals surface area contributed by atoms with Crippen molar-refractivity contribution in [2.75, 3.05) is 0 Å². The van der Waals surface area contributed by atoms with Gasteiger partial charge in [-0.15, -0.1) is 0 Å². The minimum atomic E-state index is -0.724. The number of nitrogens with two attached hydrogens (primary N) is 1. The zero-order valence-corrected chi connectivity index (χ0v) is 16.2. The number of amides is 1. The molecule has 1 aliphatic carbocycles. The van der Waals surface area contributed by atoms with Gasteiger partial charge in [-0.05, 0) is 79.2 Å². The Morgan fingerprint density at radius 2 is 1.63 bits per heavy atom. The van der Waals surface area contributed by atoms with Crippen molar-refractivity contribution in [3.63, 3.8) is 0 Å². The van der Waals surface area contributed by atoms with Crippen molar-refractivity contribution in [1.29, 1.82) is 0 Å². The zero-order valence-electron chi connectivity index (χ0n) is 16.2. The van der Waals surface area contributed by atoms with E-state index in [2.05, 4.69) is 31.2 Å². The summed E-state index contributed by atoms with van der Waals surface area (Å²) < 4.78 is 13.9. The molecule has 0 saturated heterocycles. The Labute approximate surface area is 162 Å². The van der Waals surface area contributed by atoms with E-state index in [0.717, 1.165) is 24.3 Å². The summed E-state index contributed by atoms with van der Waals surface area (Å²) in [6.07, 6.45) is 9.66. The van der Waals surface area contributed by atoms with Crippen molar-refractivity contribution in [2.45, 2.75) is 64.2 Å². The molecule has 0 aliphatic heterocycles. The molecule has 0 heterocycles. The topological polar surface area (TPSA) is 43.1 Å². The summed E-state index contributed by atoms with van der Waals surface area (Å²) in [5.41, 5.74) is 8.71. The molecular weight excluding hydrogens is 337 g/mol. The van der Waals surface area contributed by atoms with Gasteiger partial charge in [-0.3, -0.25) is 4.79 Å². The van der Waals surface area contributed by atoms with Gasteiger partial charge in [0.15, 0.2) is 0 Å². The Morgan fingerprint density at radius 1 is 1.00 bits per heavy atom. The lowest BCUT2D eigenvalue weighted by molar-refractivity contribution is 0.0996. The molecule has 1 fully saturated rings. The monoisotopic (exact) mass is 367 g/mol. The summed E-state index contributed by atoms with van der Waals surface area (Å²) in [5.74, 6) is 0.391. The normalized spacial score (nSPS) is 19.8. The second-order valence-corrected chi connectivity index (χ2v) is 7.93. The molecule has 144 valence electrons. The van der Waals surface area contributed by atoms with Crippen molar-refractivity contribution >= 4 is 5.91 Å². The highest BCUT2D eigenvalue weighted by atomic mass is 19.1. The summed E-state index contributed by atoms with van der Waals surface area (Å²) in [6.45, 7) is 2.28. The van der Waals surface area contributed by atoms with E-state index in [1.54, 1.807) is 6.07 Å². The van der Waals surface area contributed by atoms with Crippen LogP contribution in [0.25, 0.3) is 0 Å². The Bertz CT molecular complexity index is 760. The number of rotatable bonds is 7. The van der Waals surface area contributed by atoms with E-state index >= 15 is 0 Å². The van der Waals surface area contributed by atoms with Crippen molar-refractivity contribution in [2.24, 2.45) is 11.7 Å². The summed E-state index contributed by atoms with van der Waals surface area (Å²) in [5, 5.41) is 0. The molecule has 0 bridgehead atoms. The molecule has 3 heteroatoms. The zero-order chi connectivity index (χ0) is 19.2. The fourth-order valence-electron chi connectivity index (χ4n) is 4.35. The predicted molar refractivity (Wildman–Crippen MR) is 108 cm³/mol. The van der Waals surface area contributed by atoms with Crippen molar-refractivity contribution in [1.82, 2.24) is 0 Å². The average Bonchev–Trinajstić information content (AvgIpc) is 2.67. The molecule has 27 heavy (non-hydrogen) atoms. The van der Waals surface area contributed by atoms with Crippen LogP contribution in [-0.2, 0) is 12.8 Å². The number of carbonyl (C=O) groups excluding carboxylic acids is 1. The Kier molecular flexibility index (Phi) is 6.65. The van der Waals surface area contributed by atoms with Crippen molar-refractivity contribution in [3.05, 3.63) is 70.5 Å². The molecule has 2 N–H and O–H groups in total. The van der Waals surface area contributed by atoms with Crippen LogP contribution in [0.4, 0.5) is 4.39 Å². The summed E-state index contributed by atoms with van der Waals surface area (Å²) in [7, 11) is 0. The highest BCUT2D eigenvalue weighted by Crippen LogP contribution is 2.37. The van der Waals surface area contributed by atoms with Gasteiger partial charge in [-0.2, -0.15) is 0 Å². The maximum atomic E-state index is 13.9. The molecule has 1 aliphatic rings. The molecule has 1 amide bonds. The minimum Gasteiger partial charge on any atom is -0.366 e. The SMILES string of the molecule is CCCC1CCC(c2ccc(CCc3ccc(C(N)=O)c(F)c3)cc2)CC1. The van der Waals surface area contributed by atoms with Crippen LogP contribution in [0.15, 0.2) is 42.5 Å². The van der Waals surface area contributed by atoms with E-state index in [-0.39, 0.29) is 5.56 Å². The lowest BCUT2D eigenvalue weighted by Gasteiger charge is -2.28. The Morgan fingerprint density at radius 3 is 2.22 bits per heavy atom. The third-order valence-corrected chi connectivity index (χ3v) is 6.00. The van der Waals surface area contributed by atoms with Gasteiger partial charge in [0.2, 0.25) is 0 Å². The second kappa shape index (κ2) is 9.16. The molecule has 0 aromatic heterocycles. The number of benzene rings is 2. The number of primary amides is 1.